The van der Waals surface area contributed by atoms with Gasteiger partial charge in [0.2, 0.25) is 0 Å². The molecule has 0 atom stereocenters. The van der Waals surface area contributed by atoms with Crippen LogP contribution in [0.3, 0.4) is 0 Å². The number of carbonyl (C=O) groups excluding carboxylic acids is 3. The van der Waals surface area contributed by atoms with Crippen LogP contribution in [-0.2, 0) is 9.59 Å². The van der Waals surface area contributed by atoms with Crippen LogP contribution in [0.2, 0.25) is 0 Å². The van der Waals surface area contributed by atoms with E-state index >= 15 is 0 Å². The van der Waals surface area contributed by atoms with E-state index in [-0.39, 0.29) is 5.57 Å². The van der Waals surface area contributed by atoms with Gasteiger partial charge in [0.05, 0.1) is 5.69 Å². The molecular weight excluding hydrogens is 324 g/mol. The molecule has 24 heavy (non-hydrogen) atoms. The Morgan fingerprint density at radius 2 is 1.62 bits per heavy atom. The van der Waals surface area contributed by atoms with E-state index in [0.29, 0.717) is 11.3 Å². The highest BCUT2D eigenvalue weighted by Crippen LogP contribution is 2.22. The number of hydrogen-bond donors (Lipinski definition) is 1. The van der Waals surface area contributed by atoms with E-state index < -0.39 is 17.8 Å². The van der Waals surface area contributed by atoms with Crippen molar-refractivity contribution >= 4 is 41.4 Å². The van der Waals surface area contributed by atoms with Gasteiger partial charge in [0.1, 0.15) is 5.57 Å². The molecule has 0 bridgehead atoms. The lowest BCUT2D eigenvalue weighted by Crippen LogP contribution is -2.54. The number of urea groups is 1. The molecule has 6 heteroatoms. The summed E-state index contributed by atoms with van der Waals surface area (Å²) in [4.78, 5) is 38.8. The van der Waals surface area contributed by atoms with Crippen LogP contribution in [0.4, 0.5) is 10.5 Å². The fourth-order valence-electron chi connectivity index (χ4n) is 2.34. The van der Waals surface area contributed by atoms with Crippen molar-refractivity contribution in [2.24, 2.45) is 0 Å². The topological polar surface area (TPSA) is 66.5 Å². The third-order valence-corrected chi connectivity index (χ3v) is 4.29. The lowest BCUT2D eigenvalue weighted by Gasteiger charge is -2.26. The summed E-state index contributed by atoms with van der Waals surface area (Å²) in [6, 6.07) is 15.2. The number of thioether (sulfide) groups is 1. The zero-order valence-electron chi connectivity index (χ0n) is 12.9. The van der Waals surface area contributed by atoms with E-state index in [1.54, 1.807) is 42.1 Å². The maximum atomic E-state index is 12.6. The van der Waals surface area contributed by atoms with Gasteiger partial charge in [-0.2, -0.15) is 0 Å². The molecule has 120 valence electrons. The van der Waals surface area contributed by atoms with E-state index in [4.69, 9.17) is 0 Å². The van der Waals surface area contributed by atoms with Crippen LogP contribution >= 0.6 is 11.8 Å². The molecule has 2 aromatic rings. The fraction of sp³-hybridized carbons (Fsp3) is 0.0556. The van der Waals surface area contributed by atoms with Crippen molar-refractivity contribution in [3.63, 3.8) is 0 Å². The molecule has 1 aliphatic heterocycles. The zero-order valence-corrected chi connectivity index (χ0v) is 13.7. The van der Waals surface area contributed by atoms with Crippen LogP contribution in [0.1, 0.15) is 5.56 Å². The SMILES string of the molecule is CSc1ccc(/C=C2/C(=O)NC(=O)N(c3ccccc3)C2=O)cc1. The molecule has 1 heterocycles. The van der Waals surface area contributed by atoms with Crippen LogP contribution < -0.4 is 10.2 Å². The summed E-state index contributed by atoms with van der Waals surface area (Å²) >= 11 is 1.60. The molecule has 0 saturated carbocycles. The van der Waals surface area contributed by atoms with Gasteiger partial charge >= 0.3 is 6.03 Å². The smallest absolute Gasteiger partial charge is 0.273 e. The molecule has 1 N–H and O–H groups in total. The molecule has 0 unspecified atom stereocenters. The summed E-state index contributed by atoms with van der Waals surface area (Å²) in [6.07, 6.45) is 3.46. The number of nitrogens with zero attached hydrogens (tertiary/aromatic N) is 1. The quantitative estimate of drug-likeness (QED) is 0.531. The Morgan fingerprint density at radius 1 is 0.958 bits per heavy atom. The minimum atomic E-state index is -0.744. The Hall–Kier alpha value is -2.86. The molecule has 5 nitrogen and oxygen atoms in total. The van der Waals surface area contributed by atoms with Crippen LogP contribution in [0.25, 0.3) is 6.08 Å². The van der Waals surface area contributed by atoms with E-state index in [0.717, 1.165) is 9.80 Å². The van der Waals surface area contributed by atoms with Crippen molar-refractivity contribution in [2.75, 3.05) is 11.2 Å². The van der Waals surface area contributed by atoms with Crippen LogP contribution in [0, 0.1) is 0 Å². The van der Waals surface area contributed by atoms with Crippen molar-refractivity contribution in [3.05, 3.63) is 65.7 Å². The van der Waals surface area contributed by atoms with E-state index in [9.17, 15) is 14.4 Å². The summed E-state index contributed by atoms with van der Waals surface area (Å²) in [7, 11) is 0. The Morgan fingerprint density at radius 3 is 2.25 bits per heavy atom. The largest absolute Gasteiger partial charge is 0.335 e. The number of nitrogens with one attached hydrogen (secondary N) is 1. The lowest BCUT2D eigenvalue weighted by molar-refractivity contribution is -0.122. The highest BCUT2D eigenvalue weighted by atomic mass is 32.2. The summed E-state index contributed by atoms with van der Waals surface area (Å²) in [5, 5.41) is 2.21. The Labute approximate surface area is 143 Å². The highest BCUT2D eigenvalue weighted by molar-refractivity contribution is 7.98. The lowest BCUT2D eigenvalue weighted by atomic mass is 10.1. The maximum absolute atomic E-state index is 12.6. The number of hydrogen-bond acceptors (Lipinski definition) is 4. The number of rotatable bonds is 3. The number of benzene rings is 2. The predicted molar refractivity (Wildman–Crippen MR) is 93.7 cm³/mol. The summed E-state index contributed by atoms with van der Waals surface area (Å²) in [6.45, 7) is 0. The molecule has 4 amide bonds. The first kappa shape index (κ1) is 16.0. The molecule has 2 aromatic carbocycles. The third kappa shape index (κ3) is 3.09. The van der Waals surface area contributed by atoms with Crippen LogP contribution in [-0.4, -0.2) is 24.1 Å². The van der Waals surface area contributed by atoms with Crippen molar-refractivity contribution < 1.29 is 14.4 Å². The number of carbonyl (C=O) groups is 3. The van der Waals surface area contributed by atoms with Crippen molar-refractivity contribution in [1.82, 2.24) is 5.32 Å². The van der Waals surface area contributed by atoms with Crippen molar-refractivity contribution in [3.8, 4) is 0 Å². The van der Waals surface area contributed by atoms with Crippen LogP contribution in [0.15, 0.2) is 65.1 Å². The normalized spacial score (nSPS) is 16.5. The molecule has 3 rings (SSSR count). The maximum Gasteiger partial charge on any atom is 0.335 e. The first-order chi connectivity index (χ1) is 11.6. The second-order valence-corrected chi connectivity index (χ2v) is 5.95. The zero-order chi connectivity index (χ0) is 17.1. The van der Waals surface area contributed by atoms with Gasteiger partial charge in [-0.05, 0) is 42.2 Å². The van der Waals surface area contributed by atoms with Crippen LogP contribution in [0.5, 0.6) is 0 Å². The van der Waals surface area contributed by atoms with E-state index in [2.05, 4.69) is 5.32 Å². The number of barbiturate groups is 1. The molecule has 1 saturated heterocycles. The van der Waals surface area contributed by atoms with Crippen molar-refractivity contribution in [2.45, 2.75) is 4.90 Å². The van der Waals surface area contributed by atoms with Gasteiger partial charge in [0.15, 0.2) is 0 Å². The van der Waals surface area contributed by atoms with Gasteiger partial charge in [0, 0.05) is 4.90 Å². The number of anilines is 1. The summed E-state index contributed by atoms with van der Waals surface area (Å²) in [5.41, 5.74) is 1.06. The molecule has 1 fully saturated rings. The Kier molecular flexibility index (Phi) is 4.48. The predicted octanol–water partition coefficient (Wildman–Crippen LogP) is 3.07. The molecular formula is C18H14N2O3S. The Balaban J connectivity index is 1.97. The molecule has 0 radical (unpaired) electrons. The Bertz CT molecular complexity index is 829. The standard InChI is InChI=1S/C18H14N2O3S/c1-24-14-9-7-12(8-10-14)11-15-16(21)19-18(23)20(17(15)22)13-5-3-2-4-6-13/h2-11H,1H3,(H,19,21,23)/b15-11-. The van der Waals surface area contributed by atoms with E-state index in [1.807, 2.05) is 30.5 Å². The average Bonchev–Trinajstić information content (AvgIpc) is 2.60. The third-order valence-electron chi connectivity index (χ3n) is 3.54. The second kappa shape index (κ2) is 6.72. The minimum absolute atomic E-state index is 0.0737. The average molecular weight is 338 g/mol. The van der Waals surface area contributed by atoms with Gasteiger partial charge in [-0.3, -0.25) is 14.9 Å². The van der Waals surface area contributed by atoms with Crippen molar-refractivity contribution in [1.29, 1.82) is 0 Å². The minimum Gasteiger partial charge on any atom is -0.273 e. The van der Waals surface area contributed by atoms with Gasteiger partial charge < -0.3 is 0 Å². The molecule has 0 aliphatic carbocycles. The first-order valence-electron chi connectivity index (χ1n) is 7.20. The fourth-order valence-corrected chi connectivity index (χ4v) is 2.74. The number of amides is 4. The second-order valence-electron chi connectivity index (χ2n) is 5.07. The molecule has 1 aliphatic rings. The first-order valence-corrected chi connectivity index (χ1v) is 8.43. The molecule has 0 aromatic heterocycles. The summed E-state index contributed by atoms with van der Waals surface area (Å²) < 4.78 is 0. The molecule has 0 spiro atoms. The summed E-state index contributed by atoms with van der Waals surface area (Å²) in [5.74, 6) is -1.32. The number of imide groups is 2. The van der Waals surface area contributed by atoms with Gasteiger partial charge in [-0.15, -0.1) is 11.8 Å². The van der Waals surface area contributed by atoms with Gasteiger partial charge in [-0.1, -0.05) is 30.3 Å². The number of para-hydroxylation sites is 1. The highest BCUT2D eigenvalue weighted by Gasteiger charge is 2.36. The monoisotopic (exact) mass is 338 g/mol. The van der Waals surface area contributed by atoms with Gasteiger partial charge in [0.25, 0.3) is 11.8 Å². The van der Waals surface area contributed by atoms with E-state index in [1.165, 1.54) is 6.08 Å². The van der Waals surface area contributed by atoms with Gasteiger partial charge in [-0.25, -0.2) is 9.69 Å².